The molecule has 0 fully saturated rings. The molecule has 0 unspecified atom stereocenters. The number of aromatic nitrogens is 3. The van der Waals surface area contributed by atoms with Gasteiger partial charge in [-0.25, -0.2) is 4.99 Å². The van der Waals surface area contributed by atoms with Crippen molar-refractivity contribution in [2.45, 2.75) is 33.4 Å². The lowest BCUT2D eigenvalue weighted by molar-refractivity contribution is 0.658. The quantitative estimate of drug-likeness (QED) is 0.500. The number of nitrogens with two attached hydrogens (primary N) is 1. The fourth-order valence-electron chi connectivity index (χ4n) is 2.96. The van der Waals surface area contributed by atoms with E-state index in [2.05, 4.69) is 39.4 Å². The zero-order chi connectivity index (χ0) is 19.1. The molecule has 3 aromatic rings. The van der Waals surface area contributed by atoms with Crippen molar-refractivity contribution in [3.63, 3.8) is 0 Å². The Morgan fingerprint density at radius 3 is 2.63 bits per heavy atom. The molecule has 2 aromatic heterocycles. The highest BCUT2D eigenvalue weighted by Crippen LogP contribution is 2.15. The molecule has 0 aliphatic heterocycles. The van der Waals surface area contributed by atoms with Crippen molar-refractivity contribution >= 4 is 5.96 Å². The van der Waals surface area contributed by atoms with Crippen LogP contribution in [0, 0.1) is 13.8 Å². The van der Waals surface area contributed by atoms with Gasteiger partial charge >= 0.3 is 0 Å². The van der Waals surface area contributed by atoms with Crippen LogP contribution in [0.15, 0.2) is 59.7 Å². The minimum Gasteiger partial charge on any atom is -0.370 e. The van der Waals surface area contributed by atoms with Crippen LogP contribution in [0.2, 0.25) is 0 Å². The molecule has 140 valence electrons. The molecule has 0 radical (unpaired) electrons. The van der Waals surface area contributed by atoms with Gasteiger partial charge in [-0.15, -0.1) is 0 Å². The highest BCUT2D eigenvalue weighted by molar-refractivity contribution is 5.77. The second kappa shape index (κ2) is 8.98. The number of nitrogens with zero attached hydrogens (tertiary/aromatic N) is 4. The second-order valence-electron chi connectivity index (χ2n) is 6.49. The molecule has 3 N–H and O–H groups in total. The summed E-state index contributed by atoms with van der Waals surface area (Å²) in [4.78, 5) is 8.77. The van der Waals surface area contributed by atoms with Crippen LogP contribution >= 0.6 is 0 Å². The summed E-state index contributed by atoms with van der Waals surface area (Å²) in [5.41, 5.74) is 11.5. The molecule has 0 saturated heterocycles. The molecule has 6 nitrogen and oxygen atoms in total. The molecule has 27 heavy (non-hydrogen) atoms. The fraction of sp³-hybridized carbons (Fsp3) is 0.286. The smallest absolute Gasteiger partial charge is 0.188 e. The molecule has 2 heterocycles. The molecule has 0 amide bonds. The van der Waals surface area contributed by atoms with Crippen molar-refractivity contribution in [3.8, 4) is 0 Å². The lowest BCUT2D eigenvalue weighted by Gasteiger charge is -2.06. The molecule has 0 atom stereocenters. The van der Waals surface area contributed by atoms with Crippen molar-refractivity contribution in [2.75, 3.05) is 6.54 Å². The van der Waals surface area contributed by atoms with Crippen LogP contribution in [0.3, 0.4) is 0 Å². The zero-order valence-electron chi connectivity index (χ0n) is 15.9. The summed E-state index contributed by atoms with van der Waals surface area (Å²) in [6.07, 6.45) is 2.61. The van der Waals surface area contributed by atoms with Gasteiger partial charge in [-0.2, -0.15) is 5.10 Å². The average Bonchev–Trinajstić information content (AvgIpc) is 2.95. The van der Waals surface area contributed by atoms with Crippen LogP contribution < -0.4 is 11.1 Å². The summed E-state index contributed by atoms with van der Waals surface area (Å²) in [5.74, 6) is 0.445. The average molecular weight is 362 g/mol. The normalized spacial score (nSPS) is 11.6. The first kappa shape index (κ1) is 18.6. The summed E-state index contributed by atoms with van der Waals surface area (Å²) >= 11 is 0. The molecular weight excluding hydrogens is 336 g/mol. The standard InChI is InChI=1S/C21H26N6/c1-16-20(17(2)27(26-16)15-18-8-4-3-5-9-18)14-25-21(22)24-13-11-19-10-6-7-12-23-19/h3-10,12H,11,13-15H2,1-2H3,(H3,22,24,25). The third-order valence-electron chi connectivity index (χ3n) is 4.53. The van der Waals surface area contributed by atoms with E-state index < -0.39 is 0 Å². The number of benzene rings is 1. The van der Waals surface area contributed by atoms with Crippen LogP contribution in [-0.2, 0) is 19.5 Å². The van der Waals surface area contributed by atoms with Crippen molar-refractivity contribution in [2.24, 2.45) is 10.7 Å². The number of aryl methyl sites for hydroxylation is 1. The lowest BCUT2D eigenvalue weighted by Crippen LogP contribution is -2.33. The monoisotopic (exact) mass is 362 g/mol. The molecule has 0 spiro atoms. The van der Waals surface area contributed by atoms with E-state index in [4.69, 9.17) is 5.73 Å². The summed E-state index contributed by atoms with van der Waals surface area (Å²) in [5, 5.41) is 7.81. The first-order valence-electron chi connectivity index (χ1n) is 9.14. The Morgan fingerprint density at radius 1 is 1.11 bits per heavy atom. The molecule has 0 saturated carbocycles. The number of rotatable bonds is 7. The van der Waals surface area contributed by atoms with Gasteiger partial charge in [-0.1, -0.05) is 36.4 Å². The van der Waals surface area contributed by atoms with E-state index in [1.54, 1.807) is 6.20 Å². The van der Waals surface area contributed by atoms with Gasteiger partial charge in [-0.3, -0.25) is 9.67 Å². The van der Waals surface area contributed by atoms with E-state index in [0.717, 1.165) is 35.6 Å². The maximum atomic E-state index is 6.01. The molecule has 6 heteroatoms. The summed E-state index contributed by atoms with van der Waals surface area (Å²) < 4.78 is 2.03. The minimum absolute atomic E-state index is 0.445. The molecular formula is C21H26N6. The Balaban J connectivity index is 1.57. The lowest BCUT2D eigenvalue weighted by atomic mass is 10.2. The number of nitrogens with one attached hydrogen (secondary N) is 1. The number of guanidine groups is 1. The Labute approximate surface area is 160 Å². The van der Waals surface area contributed by atoms with Crippen molar-refractivity contribution in [1.82, 2.24) is 20.1 Å². The van der Waals surface area contributed by atoms with Crippen LogP contribution in [0.5, 0.6) is 0 Å². The molecule has 1 aromatic carbocycles. The predicted octanol–water partition coefficient (Wildman–Crippen LogP) is 2.59. The number of aliphatic imine (C=N–C) groups is 1. The van der Waals surface area contributed by atoms with E-state index in [1.807, 2.05) is 48.0 Å². The van der Waals surface area contributed by atoms with Gasteiger partial charge in [0.1, 0.15) is 0 Å². The third kappa shape index (κ3) is 5.17. The first-order chi connectivity index (χ1) is 13.1. The maximum absolute atomic E-state index is 6.01. The van der Waals surface area contributed by atoms with E-state index in [1.165, 1.54) is 5.56 Å². The Bertz CT molecular complexity index is 884. The molecule has 0 bridgehead atoms. The van der Waals surface area contributed by atoms with Crippen LogP contribution in [0.1, 0.15) is 28.2 Å². The van der Waals surface area contributed by atoms with Crippen molar-refractivity contribution in [3.05, 3.63) is 82.9 Å². The predicted molar refractivity (Wildman–Crippen MR) is 109 cm³/mol. The largest absolute Gasteiger partial charge is 0.370 e. The third-order valence-corrected chi connectivity index (χ3v) is 4.53. The van der Waals surface area contributed by atoms with Crippen LogP contribution in [-0.4, -0.2) is 27.3 Å². The van der Waals surface area contributed by atoms with Gasteiger partial charge in [-0.05, 0) is 31.5 Å². The van der Waals surface area contributed by atoms with Crippen molar-refractivity contribution in [1.29, 1.82) is 0 Å². The first-order valence-corrected chi connectivity index (χ1v) is 9.14. The highest BCUT2D eigenvalue weighted by Gasteiger charge is 2.11. The van der Waals surface area contributed by atoms with Gasteiger partial charge < -0.3 is 11.1 Å². The molecule has 0 aliphatic carbocycles. The van der Waals surface area contributed by atoms with Crippen molar-refractivity contribution < 1.29 is 0 Å². The zero-order valence-corrected chi connectivity index (χ0v) is 15.9. The topological polar surface area (TPSA) is 81.1 Å². The summed E-state index contributed by atoms with van der Waals surface area (Å²) in [6, 6.07) is 16.2. The number of hydrogen-bond donors (Lipinski definition) is 2. The summed E-state index contributed by atoms with van der Waals surface area (Å²) in [7, 11) is 0. The van der Waals surface area contributed by atoms with E-state index in [0.29, 0.717) is 19.0 Å². The number of hydrogen-bond acceptors (Lipinski definition) is 3. The van der Waals surface area contributed by atoms with Gasteiger partial charge in [0, 0.05) is 36.1 Å². The second-order valence-corrected chi connectivity index (χ2v) is 6.49. The Kier molecular flexibility index (Phi) is 6.20. The van der Waals surface area contributed by atoms with Gasteiger partial charge in [0.2, 0.25) is 0 Å². The van der Waals surface area contributed by atoms with Crippen LogP contribution in [0.4, 0.5) is 0 Å². The molecule has 3 rings (SSSR count). The van der Waals surface area contributed by atoms with Gasteiger partial charge in [0.05, 0.1) is 18.8 Å². The van der Waals surface area contributed by atoms with E-state index in [-0.39, 0.29) is 0 Å². The SMILES string of the molecule is Cc1nn(Cc2ccccc2)c(C)c1CN=C(N)NCCc1ccccn1. The fourth-order valence-corrected chi connectivity index (χ4v) is 2.96. The highest BCUT2D eigenvalue weighted by atomic mass is 15.3. The van der Waals surface area contributed by atoms with E-state index in [9.17, 15) is 0 Å². The maximum Gasteiger partial charge on any atom is 0.188 e. The number of pyridine rings is 1. The van der Waals surface area contributed by atoms with Crippen LogP contribution in [0.25, 0.3) is 0 Å². The van der Waals surface area contributed by atoms with Gasteiger partial charge in [0.25, 0.3) is 0 Å². The van der Waals surface area contributed by atoms with Gasteiger partial charge in [0.15, 0.2) is 5.96 Å². The van der Waals surface area contributed by atoms with E-state index >= 15 is 0 Å². The molecule has 0 aliphatic rings. The Hall–Kier alpha value is -3.15. The Morgan fingerprint density at radius 2 is 1.89 bits per heavy atom. The minimum atomic E-state index is 0.445. The summed E-state index contributed by atoms with van der Waals surface area (Å²) in [6.45, 7) is 6.09.